The molecule has 29 heavy (non-hydrogen) atoms. The second-order valence-corrected chi connectivity index (χ2v) is 9.91. The number of rotatable bonds is 5. The van der Waals surface area contributed by atoms with E-state index in [1.54, 1.807) is 20.8 Å². The summed E-state index contributed by atoms with van der Waals surface area (Å²) in [7, 11) is -3.89. The minimum absolute atomic E-state index is 0.0634. The topological polar surface area (TPSA) is 144 Å². The number of nitrogens with two attached hydrogens (primary N) is 1. The van der Waals surface area contributed by atoms with Crippen molar-refractivity contribution in [2.24, 2.45) is 0 Å². The fraction of sp³-hybridized carbons (Fsp3) is 0.688. The van der Waals surface area contributed by atoms with E-state index in [1.807, 2.05) is 0 Å². The molecule has 0 spiro atoms. The summed E-state index contributed by atoms with van der Waals surface area (Å²) in [6.45, 7) is 6.37. The van der Waals surface area contributed by atoms with Gasteiger partial charge in [0, 0.05) is 6.20 Å². The number of hydrogen-bond donors (Lipinski definition) is 2. The SMILES string of the molecule is CC(C)OC(=O)[C@H](C)NP1(=O)OC[C@H]2O[C@@H](n3ccc(N)nc3=O)[C@](C)(Cl)[C@@H]2O1. The fourth-order valence-electron chi connectivity index (χ4n) is 3.16. The smallest absolute Gasteiger partial charge is 0.406 e. The van der Waals surface area contributed by atoms with Crippen LogP contribution in [0.25, 0.3) is 0 Å². The number of carbonyl (C=O) groups is 1. The van der Waals surface area contributed by atoms with E-state index in [9.17, 15) is 14.2 Å². The Labute approximate surface area is 172 Å². The number of nitrogens with zero attached hydrogens (tertiary/aromatic N) is 2. The number of esters is 1. The molecule has 1 aromatic rings. The number of nitrogen functional groups attached to an aromatic ring is 1. The number of aromatic nitrogens is 2. The Balaban J connectivity index is 1.78. The van der Waals surface area contributed by atoms with Crippen LogP contribution in [0.2, 0.25) is 0 Å². The van der Waals surface area contributed by atoms with Crippen molar-refractivity contribution in [1.82, 2.24) is 14.6 Å². The van der Waals surface area contributed by atoms with Crippen molar-refractivity contribution in [3.63, 3.8) is 0 Å². The molecular weight excluding hydrogens is 427 g/mol. The summed E-state index contributed by atoms with van der Waals surface area (Å²) < 4.78 is 36.2. The van der Waals surface area contributed by atoms with Crippen molar-refractivity contribution in [2.45, 2.75) is 63.2 Å². The molecule has 0 saturated carbocycles. The lowest BCUT2D eigenvalue weighted by Gasteiger charge is -2.36. The lowest BCUT2D eigenvalue weighted by Crippen LogP contribution is -2.47. The Morgan fingerprint density at radius 3 is 2.83 bits per heavy atom. The van der Waals surface area contributed by atoms with Crippen molar-refractivity contribution in [2.75, 3.05) is 12.3 Å². The number of fused-ring (bicyclic) bond motifs is 1. The summed E-state index contributed by atoms with van der Waals surface area (Å²) in [6.07, 6.45) is -1.45. The molecule has 2 fully saturated rings. The van der Waals surface area contributed by atoms with Crippen LogP contribution in [0.4, 0.5) is 5.82 Å². The van der Waals surface area contributed by atoms with Gasteiger partial charge in [0.15, 0.2) is 6.23 Å². The summed E-state index contributed by atoms with van der Waals surface area (Å²) in [4.78, 5) is 26.6. The third kappa shape index (κ3) is 4.50. The first-order valence-corrected chi connectivity index (χ1v) is 11.0. The maximum atomic E-state index is 13.0. The molecule has 0 aliphatic carbocycles. The highest BCUT2D eigenvalue weighted by Gasteiger charge is 2.60. The summed E-state index contributed by atoms with van der Waals surface area (Å²) >= 11 is 6.68. The maximum absolute atomic E-state index is 13.0. The van der Waals surface area contributed by atoms with E-state index in [-0.39, 0.29) is 18.5 Å². The zero-order valence-corrected chi connectivity index (χ0v) is 18.1. The summed E-state index contributed by atoms with van der Waals surface area (Å²) in [6, 6.07) is 0.495. The maximum Gasteiger partial charge on any atom is 0.406 e. The van der Waals surface area contributed by atoms with E-state index in [1.165, 1.54) is 23.8 Å². The molecule has 3 heterocycles. The average Bonchev–Trinajstić information content (AvgIpc) is 2.85. The first-order valence-electron chi connectivity index (χ1n) is 9.03. The molecule has 0 radical (unpaired) electrons. The third-order valence-electron chi connectivity index (χ3n) is 4.50. The van der Waals surface area contributed by atoms with Crippen LogP contribution in [0.1, 0.15) is 33.9 Å². The number of ether oxygens (including phenoxy) is 2. The van der Waals surface area contributed by atoms with Gasteiger partial charge in [-0.2, -0.15) is 4.98 Å². The molecular formula is C16H24ClN4O7P. The van der Waals surface area contributed by atoms with Crippen molar-refractivity contribution < 1.29 is 27.9 Å². The summed E-state index contributed by atoms with van der Waals surface area (Å²) in [5.41, 5.74) is 4.88. The minimum Gasteiger partial charge on any atom is -0.462 e. The Morgan fingerprint density at radius 1 is 1.52 bits per heavy atom. The van der Waals surface area contributed by atoms with Crippen molar-refractivity contribution in [3.8, 4) is 0 Å². The van der Waals surface area contributed by atoms with E-state index >= 15 is 0 Å². The Kier molecular flexibility index (Phi) is 6.11. The zero-order valence-electron chi connectivity index (χ0n) is 16.4. The molecule has 11 nitrogen and oxygen atoms in total. The fourth-order valence-corrected chi connectivity index (χ4v) is 5.33. The lowest BCUT2D eigenvalue weighted by molar-refractivity contribution is -0.149. The predicted octanol–water partition coefficient (Wildman–Crippen LogP) is 1.17. The van der Waals surface area contributed by atoms with Crippen molar-refractivity contribution in [1.29, 1.82) is 0 Å². The van der Waals surface area contributed by atoms with Crippen LogP contribution >= 0.6 is 19.3 Å². The average molecular weight is 451 g/mol. The summed E-state index contributed by atoms with van der Waals surface area (Å²) in [5, 5.41) is 2.55. The number of halogens is 1. The highest BCUT2D eigenvalue weighted by atomic mass is 35.5. The molecule has 3 N–H and O–H groups in total. The molecule has 3 rings (SSSR count). The van der Waals surface area contributed by atoms with Crippen LogP contribution in [0.5, 0.6) is 0 Å². The summed E-state index contributed by atoms with van der Waals surface area (Å²) in [5.74, 6) is -0.535. The van der Waals surface area contributed by atoms with Gasteiger partial charge in [-0.05, 0) is 33.8 Å². The van der Waals surface area contributed by atoms with Crippen LogP contribution in [-0.2, 0) is 27.9 Å². The molecule has 2 saturated heterocycles. The Bertz CT molecular complexity index is 892. The van der Waals surface area contributed by atoms with Gasteiger partial charge in [0.2, 0.25) is 0 Å². The van der Waals surface area contributed by atoms with Gasteiger partial charge in [0.25, 0.3) is 0 Å². The normalized spacial score (nSPS) is 35.3. The number of anilines is 1. The van der Waals surface area contributed by atoms with Crippen LogP contribution in [0.15, 0.2) is 17.1 Å². The van der Waals surface area contributed by atoms with Gasteiger partial charge in [-0.25, -0.2) is 14.4 Å². The van der Waals surface area contributed by atoms with Gasteiger partial charge in [-0.15, -0.1) is 11.6 Å². The highest BCUT2D eigenvalue weighted by molar-refractivity contribution is 7.51. The molecule has 13 heteroatoms. The van der Waals surface area contributed by atoms with Crippen LogP contribution in [0.3, 0.4) is 0 Å². The van der Waals surface area contributed by atoms with Crippen LogP contribution in [0, 0.1) is 0 Å². The molecule has 1 aromatic heterocycles. The first-order chi connectivity index (χ1) is 13.4. The van der Waals surface area contributed by atoms with E-state index in [2.05, 4.69) is 10.1 Å². The van der Waals surface area contributed by atoms with Gasteiger partial charge >= 0.3 is 19.4 Å². The number of carbonyl (C=O) groups excluding carboxylic acids is 1. The predicted molar refractivity (Wildman–Crippen MR) is 103 cm³/mol. The third-order valence-corrected chi connectivity index (χ3v) is 6.60. The molecule has 2 aliphatic heterocycles. The van der Waals surface area contributed by atoms with Gasteiger partial charge < -0.3 is 15.2 Å². The first kappa shape index (κ1) is 22.2. The molecule has 0 amide bonds. The van der Waals surface area contributed by atoms with Gasteiger partial charge in [-0.1, -0.05) is 0 Å². The Morgan fingerprint density at radius 2 is 2.21 bits per heavy atom. The molecule has 0 aromatic carbocycles. The molecule has 162 valence electrons. The van der Waals surface area contributed by atoms with Crippen LogP contribution in [-0.4, -0.2) is 51.4 Å². The number of nitrogens with one attached hydrogen (secondary N) is 1. The standard InChI is InChI=1S/C16H24ClN4O7P/c1-8(2)26-13(22)9(3)20-29(24)25-7-10-12(28-29)16(4,17)14(27-10)21-6-5-11(18)19-15(21)23/h5-6,8-10,12,14H,7H2,1-4H3,(H,20,24)(H2,18,19,23)/t9-,10+,12+,14+,16+,29?/m0/s1. The second-order valence-electron chi connectivity index (χ2n) is 7.38. The van der Waals surface area contributed by atoms with Crippen molar-refractivity contribution in [3.05, 3.63) is 22.7 Å². The molecule has 1 unspecified atom stereocenters. The zero-order chi connectivity index (χ0) is 21.6. The largest absolute Gasteiger partial charge is 0.462 e. The quantitative estimate of drug-likeness (QED) is 0.381. The second kappa shape index (κ2) is 7.98. The Hall–Kier alpha value is -1.49. The van der Waals surface area contributed by atoms with Gasteiger partial charge in [-0.3, -0.25) is 18.4 Å². The van der Waals surface area contributed by atoms with E-state index in [0.717, 1.165) is 0 Å². The van der Waals surface area contributed by atoms with E-state index in [4.69, 9.17) is 35.9 Å². The number of alkyl halides is 1. The van der Waals surface area contributed by atoms with Gasteiger partial charge in [0.05, 0.1) is 12.7 Å². The van der Waals surface area contributed by atoms with Crippen LogP contribution < -0.4 is 16.5 Å². The monoisotopic (exact) mass is 450 g/mol. The van der Waals surface area contributed by atoms with E-state index in [0.29, 0.717) is 0 Å². The molecule has 0 bridgehead atoms. The number of hydrogen-bond acceptors (Lipinski definition) is 9. The van der Waals surface area contributed by atoms with E-state index < -0.39 is 48.8 Å². The highest BCUT2D eigenvalue weighted by Crippen LogP contribution is 2.57. The molecule has 6 atom stereocenters. The molecule has 2 aliphatic rings. The minimum atomic E-state index is -3.89. The van der Waals surface area contributed by atoms with Crippen molar-refractivity contribution >= 4 is 31.1 Å². The lowest BCUT2D eigenvalue weighted by atomic mass is 10.0. The van der Waals surface area contributed by atoms with Gasteiger partial charge in [0.1, 0.15) is 28.9 Å².